The summed E-state index contributed by atoms with van der Waals surface area (Å²) in [5, 5.41) is 0. The highest BCUT2D eigenvalue weighted by Crippen LogP contribution is 2.27. The second-order valence-electron chi connectivity index (χ2n) is 6.58. The van der Waals surface area contributed by atoms with Gasteiger partial charge in [0.25, 0.3) is 5.78 Å². The fourth-order valence-electron chi connectivity index (χ4n) is 3.16. The van der Waals surface area contributed by atoms with Gasteiger partial charge in [-0.15, -0.1) is 0 Å². The molecule has 4 heteroatoms. The molecule has 132 valence electrons. The molecule has 0 radical (unpaired) electrons. The molecule has 4 rings (SSSR count). The number of nitrogens with zero attached hydrogens (tertiary/aromatic N) is 2. The fraction of sp³-hybridized carbons (Fsp3) is 0.0870. The van der Waals surface area contributed by atoms with Crippen molar-refractivity contribution in [2.45, 2.75) is 13.8 Å². The molecule has 4 aromatic rings. The summed E-state index contributed by atoms with van der Waals surface area (Å²) in [6.45, 7) is 3.88. The number of carbonyl (C=O) groups is 2. The molecule has 0 saturated heterocycles. The lowest BCUT2D eigenvalue weighted by molar-refractivity contribution is 0.0814. The first-order valence-corrected chi connectivity index (χ1v) is 8.75. The first kappa shape index (κ1) is 16.9. The molecular weight excluding hydrogens is 336 g/mol. The van der Waals surface area contributed by atoms with Crippen LogP contribution in [0.3, 0.4) is 0 Å². The molecule has 4 nitrogen and oxygen atoms in total. The number of imidazole rings is 1. The third-order valence-corrected chi connectivity index (χ3v) is 4.63. The predicted octanol–water partition coefficient (Wildman–Crippen LogP) is 4.68. The Morgan fingerprint density at radius 2 is 1.52 bits per heavy atom. The summed E-state index contributed by atoms with van der Waals surface area (Å²) < 4.78 is 1.71. The average Bonchev–Trinajstić information content (AvgIpc) is 3.09. The van der Waals surface area contributed by atoms with Crippen molar-refractivity contribution in [3.63, 3.8) is 0 Å². The molecule has 0 aliphatic heterocycles. The molecule has 0 aliphatic carbocycles. The van der Waals surface area contributed by atoms with Crippen LogP contribution in [0.1, 0.15) is 32.0 Å². The van der Waals surface area contributed by atoms with Gasteiger partial charge in [0.15, 0.2) is 0 Å². The Labute approximate surface area is 157 Å². The van der Waals surface area contributed by atoms with E-state index >= 15 is 0 Å². The SMILES string of the molecule is Cc1ccc(C(=O)C(=O)c2c(-c3ccccc3)nc3c(C)cccn23)cc1. The fourth-order valence-corrected chi connectivity index (χ4v) is 3.16. The normalized spacial score (nSPS) is 10.9. The number of hydrogen-bond donors (Lipinski definition) is 0. The Hall–Kier alpha value is -3.53. The maximum atomic E-state index is 13.2. The van der Waals surface area contributed by atoms with E-state index in [4.69, 9.17) is 0 Å². The lowest BCUT2D eigenvalue weighted by Gasteiger charge is -2.05. The third kappa shape index (κ3) is 2.95. The number of aryl methyl sites for hydroxylation is 2. The summed E-state index contributed by atoms with van der Waals surface area (Å²) in [4.78, 5) is 30.8. The number of rotatable bonds is 4. The molecular formula is C23H18N2O2. The van der Waals surface area contributed by atoms with Gasteiger partial charge in [-0.3, -0.25) is 14.0 Å². The van der Waals surface area contributed by atoms with Crippen LogP contribution in [0.25, 0.3) is 16.9 Å². The number of fused-ring (bicyclic) bond motifs is 1. The Morgan fingerprint density at radius 3 is 2.22 bits per heavy atom. The molecule has 0 unspecified atom stereocenters. The van der Waals surface area contributed by atoms with Gasteiger partial charge in [0.1, 0.15) is 17.0 Å². The van der Waals surface area contributed by atoms with E-state index in [9.17, 15) is 9.59 Å². The summed E-state index contributed by atoms with van der Waals surface area (Å²) >= 11 is 0. The Morgan fingerprint density at radius 1 is 0.815 bits per heavy atom. The van der Waals surface area contributed by atoms with E-state index in [2.05, 4.69) is 4.98 Å². The van der Waals surface area contributed by atoms with Crippen LogP contribution in [0.15, 0.2) is 72.9 Å². The van der Waals surface area contributed by atoms with E-state index in [1.54, 1.807) is 22.7 Å². The van der Waals surface area contributed by atoms with Crippen molar-refractivity contribution in [1.82, 2.24) is 9.38 Å². The monoisotopic (exact) mass is 354 g/mol. The highest BCUT2D eigenvalue weighted by Gasteiger charge is 2.27. The van der Waals surface area contributed by atoms with Crippen LogP contribution < -0.4 is 0 Å². The average molecular weight is 354 g/mol. The first-order valence-electron chi connectivity index (χ1n) is 8.75. The van der Waals surface area contributed by atoms with Crippen LogP contribution in [0.5, 0.6) is 0 Å². The molecule has 0 saturated carbocycles. The number of benzene rings is 2. The molecule has 0 fully saturated rings. The van der Waals surface area contributed by atoms with Crippen LogP contribution in [0.2, 0.25) is 0 Å². The number of ketones is 2. The van der Waals surface area contributed by atoms with Gasteiger partial charge < -0.3 is 0 Å². The zero-order chi connectivity index (χ0) is 19.0. The maximum Gasteiger partial charge on any atom is 0.252 e. The van der Waals surface area contributed by atoms with Gasteiger partial charge in [-0.25, -0.2) is 4.98 Å². The van der Waals surface area contributed by atoms with Gasteiger partial charge in [0.05, 0.1) is 0 Å². The molecule has 27 heavy (non-hydrogen) atoms. The van der Waals surface area contributed by atoms with Crippen molar-refractivity contribution in [1.29, 1.82) is 0 Å². The Kier molecular flexibility index (Phi) is 4.16. The molecule has 0 N–H and O–H groups in total. The predicted molar refractivity (Wildman–Crippen MR) is 105 cm³/mol. The van der Waals surface area contributed by atoms with Crippen LogP contribution in [-0.2, 0) is 0 Å². The Bertz CT molecular complexity index is 1160. The van der Waals surface area contributed by atoms with E-state index in [0.717, 1.165) is 16.7 Å². The van der Waals surface area contributed by atoms with E-state index in [1.165, 1.54) is 0 Å². The second kappa shape index (κ2) is 6.65. The summed E-state index contributed by atoms with van der Waals surface area (Å²) in [7, 11) is 0. The van der Waals surface area contributed by atoms with Crippen LogP contribution in [0.4, 0.5) is 0 Å². The van der Waals surface area contributed by atoms with Gasteiger partial charge in [0, 0.05) is 17.3 Å². The van der Waals surface area contributed by atoms with Crippen molar-refractivity contribution in [2.24, 2.45) is 0 Å². The minimum atomic E-state index is -0.559. The summed E-state index contributed by atoms with van der Waals surface area (Å²) in [5.41, 5.74) is 4.66. The largest absolute Gasteiger partial charge is 0.296 e. The summed E-state index contributed by atoms with van der Waals surface area (Å²) in [6.07, 6.45) is 1.78. The van der Waals surface area contributed by atoms with Crippen LogP contribution in [-0.4, -0.2) is 21.0 Å². The summed E-state index contributed by atoms with van der Waals surface area (Å²) in [6, 6.07) is 20.3. The first-order chi connectivity index (χ1) is 13.1. The number of hydrogen-bond acceptors (Lipinski definition) is 3. The second-order valence-corrected chi connectivity index (χ2v) is 6.58. The van der Waals surface area contributed by atoms with Gasteiger partial charge in [-0.2, -0.15) is 0 Å². The molecule has 2 aromatic heterocycles. The third-order valence-electron chi connectivity index (χ3n) is 4.63. The number of aromatic nitrogens is 2. The summed E-state index contributed by atoms with van der Waals surface area (Å²) in [5.74, 6) is -1.09. The molecule has 0 aliphatic rings. The van der Waals surface area contributed by atoms with Crippen LogP contribution >= 0.6 is 0 Å². The van der Waals surface area contributed by atoms with Crippen LogP contribution in [0, 0.1) is 13.8 Å². The standard InChI is InChI=1S/C23H18N2O2/c1-15-10-12-18(13-11-15)21(26)22(27)20-19(17-8-4-3-5-9-17)24-23-16(2)7-6-14-25(20)23/h3-14H,1-2H3. The maximum absolute atomic E-state index is 13.2. The zero-order valence-electron chi connectivity index (χ0n) is 15.1. The smallest absolute Gasteiger partial charge is 0.252 e. The molecule has 2 heterocycles. The lowest BCUT2D eigenvalue weighted by atomic mass is 10.0. The quantitative estimate of drug-likeness (QED) is 0.395. The van der Waals surface area contributed by atoms with Crippen molar-refractivity contribution in [3.8, 4) is 11.3 Å². The topological polar surface area (TPSA) is 51.4 Å². The van der Waals surface area contributed by atoms with Crippen molar-refractivity contribution in [2.75, 3.05) is 0 Å². The number of Topliss-reactive ketones (excluding diaryl/α,β-unsaturated/α-hetero) is 2. The van der Waals surface area contributed by atoms with Gasteiger partial charge in [-0.1, -0.05) is 66.2 Å². The van der Waals surface area contributed by atoms with Gasteiger partial charge >= 0.3 is 0 Å². The van der Waals surface area contributed by atoms with E-state index in [-0.39, 0.29) is 0 Å². The number of carbonyl (C=O) groups excluding carboxylic acids is 2. The highest BCUT2D eigenvalue weighted by atomic mass is 16.2. The van der Waals surface area contributed by atoms with Crippen molar-refractivity contribution in [3.05, 3.63) is 95.3 Å². The van der Waals surface area contributed by atoms with Gasteiger partial charge in [0.2, 0.25) is 5.78 Å². The van der Waals surface area contributed by atoms with Gasteiger partial charge in [-0.05, 0) is 25.5 Å². The van der Waals surface area contributed by atoms with E-state index in [0.29, 0.717) is 22.6 Å². The highest BCUT2D eigenvalue weighted by molar-refractivity contribution is 6.49. The van der Waals surface area contributed by atoms with E-state index < -0.39 is 11.6 Å². The van der Waals surface area contributed by atoms with Crippen molar-refractivity contribution >= 4 is 17.2 Å². The molecule has 0 spiro atoms. The zero-order valence-corrected chi connectivity index (χ0v) is 15.1. The minimum Gasteiger partial charge on any atom is -0.296 e. The molecule has 0 bridgehead atoms. The minimum absolute atomic E-state index is 0.297. The van der Waals surface area contributed by atoms with Crippen molar-refractivity contribution < 1.29 is 9.59 Å². The lowest BCUT2D eigenvalue weighted by Crippen LogP contribution is -2.17. The Balaban J connectivity index is 1.92. The van der Waals surface area contributed by atoms with E-state index in [1.807, 2.05) is 68.4 Å². The number of pyridine rings is 1. The molecule has 2 aromatic carbocycles. The molecule has 0 atom stereocenters. The molecule has 0 amide bonds.